The molecule has 0 unspecified atom stereocenters. The fraction of sp³-hybridized carbons (Fsp3) is 0.381. The standard InChI is InChI=1S/C21H26FN3O3S/c1-24(15-17-5-3-2-4-6-17)21(26)16-25-13-11-19(12-14-25)23-29(27,28)20-9-7-18(22)8-10-20/h2-10,19,23H,11-16H2,1H3. The number of amides is 1. The number of piperidine rings is 1. The minimum Gasteiger partial charge on any atom is -0.340 e. The first-order chi connectivity index (χ1) is 13.8. The van der Waals surface area contributed by atoms with Crippen molar-refractivity contribution < 1.29 is 17.6 Å². The van der Waals surface area contributed by atoms with Gasteiger partial charge < -0.3 is 4.90 Å². The Kier molecular flexibility index (Phi) is 7.00. The first kappa shape index (κ1) is 21.4. The van der Waals surface area contributed by atoms with Gasteiger partial charge in [0.25, 0.3) is 0 Å². The number of benzene rings is 2. The number of halogens is 1. The average Bonchev–Trinajstić information content (AvgIpc) is 2.70. The van der Waals surface area contributed by atoms with Gasteiger partial charge in [0.1, 0.15) is 5.82 Å². The number of sulfonamides is 1. The van der Waals surface area contributed by atoms with E-state index in [4.69, 9.17) is 0 Å². The number of rotatable bonds is 7. The molecular weight excluding hydrogens is 393 g/mol. The fourth-order valence-electron chi connectivity index (χ4n) is 3.37. The van der Waals surface area contributed by atoms with E-state index in [0.717, 1.165) is 17.7 Å². The Labute approximate surface area is 171 Å². The molecule has 0 saturated carbocycles. The molecule has 1 aliphatic rings. The van der Waals surface area contributed by atoms with E-state index in [0.29, 0.717) is 39.0 Å². The van der Waals surface area contributed by atoms with Crippen molar-refractivity contribution >= 4 is 15.9 Å². The Balaban J connectivity index is 1.46. The lowest BCUT2D eigenvalue weighted by molar-refractivity contribution is -0.131. The molecule has 1 heterocycles. The smallest absolute Gasteiger partial charge is 0.240 e. The van der Waals surface area contributed by atoms with E-state index >= 15 is 0 Å². The van der Waals surface area contributed by atoms with Crippen molar-refractivity contribution in [3.05, 3.63) is 66.0 Å². The van der Waals surface area contributed by atoms with Crippen LogP contribution >= 0.6 is 0 Å². The maximum Gasteiger partial charge on any atom is 0.240 e. The Morgan fingerprint density at radius 2 is 1.72 bits per heavy atom. The minimum atomic E-state index is -3.68. The molecule has 1 fully saturated rings. The van der Waals surface area contributed by atoms with Crippen LogP contribution in [0, 0.1) is 5.82 Å². The molecule has 0 radical (unpaired) electrons. The van der Waals surface area contributed by atoms with Crippen LogP contribution in [0.5, 0.6) is 0 Å². The van der Waals surface area contributed by atoms with Gasteiger partial charge in [-0.2, -0.15) is 0 Å². The molecule has 0 atom stereocenters. The van der Waals surface area contributed by atoms with E-state index in [9.17, 15) is 17.6 Å². The van der Waals surface area contributed by atoms with Gasteiger partial charge in [0.2, 0.25) is 15.9 Å². The Hall–Kier alpha value is -2.29. The molecule has 1 amide bonds. The van der Waals surface area contributed by atoms with Crippen molar-refractivity contribution in [2.24, 2.45) is 0 Å². The first-order valence-corrected chi connectivity index (χ1v) is 11.1. The summed E-state index contributed by atoms with van der Waals surface area (Å²) in [6.07, 6.45) is 1.24. The van der Waals surface area contributed by atoms with E-state index in [1.54, 1.807) is 11.9 Å². The van der Waals surface area contributed by atoms with Crippen molar-refractivity contribution in [3.8, 4) is 0 Å². The summed E-state index contributed by atoms with van der Waals surface area (Å²) in [5.41, 5.74) is 1.08. The second-order valence-corrected chi connectivity index (χ2v) is 9.08. The van der Waals surface area contributed by atoms with Gasteiger partial charge in [-0.1, -0.05) is 30.3 Å². The molecule has 8 heteroatoms. The van der Waals surface area contributed by atoms with Crippen LogP contribution < -0.4 is 4.72 Å². The lowest BCUT2D eigenvalue weighted by atomic mass is 10.1. The third kappa shape index (κ3) is 6.09. The lowest BCUT2D eigenvalue weighted by Crippen LogP contribution is -2.47. The van der Waals surface area contributed by atoms with Crippen LogP contribution in [0.3, 0.4) is 0 Å². The van der Waals surface area contributed by atoms with Crippen molar-refractivity contribution in [2.75, 3.05) is 26.7 Å². The maximum atomic E-state index is 13.0. The topological polar surface area (TPSA) is 69.7 Å². The van der Waals surface area contributed by atoms with Gasteiger partial charge in [-0.3, -0.25) is 9.69 Å². The zero-order valence-corrected chi connectivity index (χ0v) is 17.2. The summed E-state index contributed by atoms with van der Waals surface area (Å²) in [7, 11) is -1.88. The second-order valence-electron chi connectivity index (χ2n) is 7.36. The minimum absolute atomic E-state index is 0.0409. The van der Waals surface area contributed by atoms with Crippen LogP contribution in [0.4, 0.5) is 4.39 Å². The van der Waals surface area contributed by atoms with Crippen molar-refractivity contribution in [1.82, 2.24) is 14.5 Å². The molecule has 1 saturated heterocycles. The SMILES string of the molecule is CN(Cc1ccccc1)C(=O)CN1CCC(NS(=O)(=O)c2ccc(F)cc2)CC1. The number of carbonyl (C=O) groups excluding carboxylic acids is 1. The van der Waals surface area contributed by atoms with Gasteiger partial charge in [-0.05, 0) is 42.7 Å². The van der Waals surface area contributed by atoms with Crippen LogP contribution in [0.2, 0.25) is 0 Å². The van der Waals surface area contributed by atoms with E-state index < -0.39 is 15.8 Å². The summed E-state index contributed by atoms with van der Waals surface area (Å²) >= 11 is 0. The molecule has 0 aliphatic carbocycles. The highest BCUT2D eigenvalue weighted by atomic mass is 32.2. The molecule has 0 bridgehead atoms. The molecule has 0 aromatic heterocycles. The number of nitrogens with one attached hydrogen (secondary N) is 1. The summed E-state index contributed by atoms with van der Waals surface area (Å²) in [6.45, 7) is 2.16. The first-order valence-electron chi connectivity index (χ1n) is 9.61. The normalized spacial score (nSPS) is 15.9. The molecule has 1 N–H and O–H groups in total. The Bertz CT molecular complexity index is 912. The monoisotopic (exact) mass is 419 g/mol. The highest BCUT2D eigenvalue weighted by Gasteiger charge is 2.26. The van der Waals surface area contributed by atoms with E-state index in [1.165, 1.54) is 12.1 Å². The Morgan fingerprint density at radius 1 is 1.10 bits per heavy atom. The molecule has 3 rings (SSSR count). The van der Waals surface area contributed by atoms with Gasteiger partial charge in [-0.25, -0.2) is 17.5 Å². The van der Waals surface area contributed by atoms with Crippen molar-refractivity contribution in [1.29, 1.82) is 0 Å². The fourth-order valence-corrected chi connectivity index (χ4v) is 4.67. The largest absolute Gasteiger partial charge is 0.340 e. The van der Waals surface area contributed by atoms with Gasteiger partial charge in [0, 0.05) is 32.7 Å². The van der Waals surface area contributed by atoms with E-state index in [1.807, 2.05) is 35.2 Å². The van der Waals surface area contributed by atoms with Crippen LogP contribution in [0.25, 0.3) is 0 Å². The number of carbonyl (C=O) groups is 1. The summed E-state index contributed by atoms with van der Waals surface area (Å²) in [4.78, 5) is 16.3. The molecule has 6 nitrogen and oxygen atoms in total. The third-order valence-corrected chi connectivity index (χ3v) is 6.62. The number of hydrogen-bond acceptors (Lipinski definition) is 4. The van der Waals surface area contributed by atoms with E-state index in [-0.39, 0.29) is 16.8 Å². The summed E-state index contributed by atoms with van der Waals surface area (Å²) in [5.74, 6) is -0.432. The number of likely N-dealkylation sites (N-methyl/N-ethyl adjacent to an activating group) is 1. The highest BCUT2D eigenvalue weighted by Crippen LogP contribution is 2.16. The molecular formula is C21H26FN3O3S. The van der Waals surface area contributed by atoms with Gasteiger partial charge in [0.15, 0.2) is 0 Å². The van der Waals surface area contributed by atoms with Gasteiger partial charge in [-0.15, -0.1) is 0 Å². The number of likely N-dealkylation sites (tertiary alicyclic amines) is 1. The van der Waals surface area contributed by atoms with Gasteiger partial charge in [0.05, 0.1) is 11.4 Å². The molecule has 0 spiro atoms. The average molecular weight is 420 g/mol. The zero-order valence-electron chi connectivity index (χ0n) is 16.4. The van der Waals surface area contributed by atoms with Crippen LogP contribution in [0.1, 0.15) is 18.4 Å². The molecule has 156 valence electrons. The van der Waals surface area contributed by atoms with Gasteiger partial charge >= 0.3 is 0 Å². The highest BCUT2D eigenvalue weighted by molar-refractivity contribution is 7.89. The van der Waals surface area contributed by atoms with Crippen molar-refractivity contribution in [3.63, 3.8) is 0 Å². The zero-order chi connectivity index (χ0) is 20.9. The van der Waals surface area contributed by atoms with Crippen LogP contribution in [-0.2, 0) is 21.4 Å². The van der Waals surface area contributed by atoms with Crippen molar-refractivity contribution in [2.45, 2.75) is 30.3 Å². The molecule has 2 aromatic carbocycles. The Morgan fingerprint density at radius 3 is 2.34 bits per heavy atom. The summed E-state index contributed by atoms with van der Waals surface area (Å²) < 4.78 is 40.5. The predicted octanol–water partition coefficient (Wildman–Crippen LogP) is 2.23. The summed E-state index contributed by atoms with van der Waals surface area (Å²) in [5, 5.41) is 0. The molecule has 2 aromatic rings. The lowest BCUT2D eigenvalue weighted by Gasteiger charge is -2.32. The molecule has 1 aliphatic heterocycles. The molecule has 29 heavy (non-hydrogen) atoms. The predicted molar refractivity (Wildman–Crippen MR) is 109 cm³/mol. The summed E-state index contributed by atoms with van der Waals surface area (Å²) in [6, 6.07) is 14.4. The number of hydrogen-bond donors (Lipinski definition) is 1. The number of nitrogens with zero attached hydrogens (tertiary/aromatic N) is 2. The third-order valence-electron chi connectivity index (χ3n) is 5.08. The quantitative estimate of drug-likeness (QED) is 0.747. The van der Waals surface area contributed by atoms with Crippen LogP contribution in [-0.4, -0.2) is 56.8 Å². The van der Waals surface area contributed by atoms with E-state index in [2.05, 4.69) is 4.72 Å². The second kappa shape index (κ2) is 9.47. The maximum absolute atomic E-state index is 13.0. The van der Waals surface area contributed by atoms with Crippen LogP contribution in [0.15, 0.2) is 59.5 Å².